The molecule has 5 heteroatoms. The zero-order valence-electron chi connectivity index (χ0n) is 10.7. The zero-order valence-corrected chi connectivity index (χ0v) is 14.6. The van der Waals surface area contributed by atoms with E-state index in [1.54, 1.807) is 18.2 Å². The second-order valence-corrected chi connectivity index (χ2v) is 6.47. The van der Waals surface area contributed by atoms with Crippen molar-refractivity contribution in [3.63, 3.8) is 0 Å². The minimum Gasteiger partial charge on any atom is -0.322 e. The van der Waals surface area contributed by atoms with E-state index in [1.807, 2.05) is 25.1 Å². The fourth-order valence-electron chi connectivity index (χ4n) is 1.84. The van der Waals surface area contributed by atoms with E-state index >= 15 is 0 Å². The highest BCUT2D eigenvalue weighted by Gasteiger charge is 2.12. The van der Waals surface area contributed by atoms with Crippen LogP contribution in [0.25, 0.3) is 0 Å². The van der Waals surface area contributed by atoms with Crippen molar-refractivity contribution in [2.24, 2.45) is 0 Å². The van der Waals surface area contributed by atoms with E-state index in [9.17, 15) is 4.79 Å². The molecule has 0 aromatic heterocycles. The highest BCUT2D eigenvalue weighted by molar-refractivity contribution is 9.10. The molecule has 0 fully saturated rings. The number of anilines is 1. The smallest absolute Gasteiger partial charge is 0.257 e. The Morgan fingerprint density at radius 3 is 2.45 bits per heavy atom. The quantitative estimate of drug-likeness (QED) is 0.684. The van der Waals surface area contributed by atoms with Crippen LogP contribution in [0.2, 0.25) is 5.02 Å². The van der Waals surface area contributed by atoms with Gasteiger partial charge in [-0.05, 0) is 48.4 Å². The molecule has 1 amide bonds. The number of nitrogens with one attached hydrogen (secondary N) is 1. The summed E-state index contributed by atoms with van der Waals surface area (Å²) in [7, 11) is 0. The molecule has 0 spiro atoms. The average molecular weight is 418 g/mol. The molecule has 2 nitrogen and oxygen atoms in total. The topological polar surface area (TPSA) is 29.1 Å². The van der Waals surface area contributed by atoms with Gasteiger partial charge in [0.05, 0.1) is 10.6 Å². The summed E-state index contributed by atoms with van der Waals surface area (Å²) in [6.45, 7) is 2.05. The molecule has 2 rings (SSSR count). The fraction of sp³-hybridized carbons (Fsp3) is 0.133. The first kappa shape index (κ1) is 15.5. The van der Waals surface area contributed by atoms with Crippen LogP contribution in [0.3, 0.4) is 0 Å². The first-order chi connectivity index (χ1) is 9.51. The highest BCUT2D eigenvalue weighted by atomic mass is 79.9. The summed E-state index contributed by atoms with van der Waals surface area (Å²) in [4.78, 5) is 12.3. The third-order valence-electron chi connectivity index (χ3n) is 2.87. The Morgan fingerprint density at radius 1 is 1.15 bits per heavy atom. The molecule has 0 bridgehead atoms. The van der Waals surface area contributed by atoms with Crippen LogP contribution in [0.15, 0.2) is 45.3 Å². The van der Waals surface area contributed by atoms with Gasteiger partial charge in [0.2, 0.25) is 0 Å². The second kappa shape index (κ2) is 6.74. The lowest BCUT2D eigenvalue weighted by atomic mass is 10.1. The largest absolute Gasteiger partial charge is 0.322 e. The third kappa shape index (κ3) is 3.62. The maximum atomic E-state index is 12.3. The summed E-state index contributed by atoms with van der Waals surface area (Å²) >= 11 is 12.8. The van der Waals surface area contributed by atoms with Gasteiger partial charge >= 0.3 is 0 Å². The van der Waals surface area contributed by atoms with Crippen LogP contribution in [0.1, 0.15) is 22.8 Å². The number of carbonyl (C=O) groups is 1. The molecule has 0 unspecified atom stereocenters. The number of hydrogen-bond acceptors (Lipinski definition) is 1. The fourth-order valence-corrected chi connectivity index (χ4v) is 3.01. The van der Waals surface area contributed by atoms with Gasteiger partial charge in [0.25, 0.3) is 5.91 Å². The summed E-state index contributed by atoms with van der Waals surface area (Å²) < 4.78 is 1.84. The standard InChI is InChI=1S/C15H12Br2ClNO/c1-2-9-7-10(16)4-6-14(9)19-15(20)12-5-3-11(17)8-13(12)18/h3-8H,2H2,1H3,(H,19,20). The van der Waals surface area contributed by atoms with E-state index in [0.717, 1.165) is 26.6 Å². The van der Waals surface area contributed by atoms with Crippen LogP contribution < -0.4 is 5.32 Å². The number of amides is 1. The zero-order chi connectivity index (χ0) is 14.7. The number of rotatable bonds is 3. The monoisotopic (exact) mass is 415 g/mol. The Hall–Kier alpha value is -0.840. The van der Waals surface area contributed by atoms with Crippen molar-refractivity contribution in [2.75, 3.05) is 5.32 Å². The average Bonchev–Trinajstić information content (AvgIpc) is 2.40. The van der Waals surface area contributed by atoms with Crippen LogP contribution in [0.4, 0.5) is 5.69 Å². The van der Waals surface area contributed by atoms with E-state index in [-0.39, 0.29) is 5.91 Å². The van der Waals surface area contributed by atoms with E-state index in [4.69, 9.17) is 11.6 Å². The molecular formula is C15H12Br2ClNO. The normalized spacial score (nSPS) is 10.4. The molecule has 0 saturated heterocycles. The lowest BCUT2D eigenvalue weighted by Crippen LogP contribution is -2.13. The summed E-state index contributed by atoms with van der Waals surface area (Å²) in [5.41, 5.74) is 2.33. The molecule has 0 aliphatic rings. The summed E-state index contributed by atoms with van der Waals surface area (Å²) in [6, 6.07) is 11.0. The van der Waals surface area contributed by atoms with Crippen LogP contribution >= 0.6 is 43.5 Å². The van der Waals surface area contributed by atoms with Crippen LogP contribution in [0, 0.1) is 0 Å². The predicted octanol–water partition coefficient (Wildman–Crippen LogP) is 5.68. The first-order valence-corrected chi connectivity index (χ1v) is 8.02. The van der Waals surface area contributed by atoms with Gasteiger partial charge in [0.15, 0.2) is 0 Å². The van der Waals surface area contributed by atoms with Crippen LogP contribution in [-0.4, -0.2) is 5.91 Å². The predicted molar refractivity (Wildman–Crippen MR) is 90.6 cm³/mol. The molecule has 0 radical (unpaired) electrons. The van der Waals surface area contributed by atoms with Gasteiger partial charge < -0.3 is 5.32 Å². The number of aryl methyl sites for hydroxylation is 1. The summed E-state index contributed by atoms with van der Waals surface area (Å²) in [5.74, 6) is -0.209. The third-order valence-corrected chi connectivity index (χ3v) is 4.17. The Labute approximate surface area is 139 Å². The SMILES string of the molecule is CCc1cc(Br)ccc1NC(=O)c1ccc(Br)cc1Cl. The van der Waals surface area contributed by atoms with Crippen molar-refractivity contribution >= 4 is 55.1 Å². The van der Waals surface area contributed by atoms with Crippen molar-refractivity contribution in [1.29, 1.82) is 0 Å². The second-order valence-electron chi connectivity index (χ2n) is 4.23. The molecule has 0 saturated carbocycles. The van der Waals surface area contributed by atoms with Crippen LogP contribution in [-0.2, 0) is 6.42 Å². The summed E-state index contributed by atoms with van der Waals surface area (Å²) in [6.07, 6.45) is 0.836. The molecular weight excluding hydrogens is 405 g/mol. The Morgan fingerprint density at radius 2 is 1.80 bits per heavy atom. The molecule has 0 heterocycles. The lowest BCUT2D eigenvalue weighted by Gasteiger charge is -2.11. The molecule has 0 aliphatic carbocycles. The van der Waals surface area contributed by atoms with Crippen molar-refractivity contribution in [3.8, 4) is 0 Å². The molecule has 104 valence electrons. The minimum absolute atomic E-state index is 0.209. The van der Waals surface area contributed by atoms with Crippen molar-refractivity contribution < 1.29 is 4.79 Å². The van der Waals surface area contributed by atoms with Gasteiger partial charge in [-0.2, -0.15) is 0 Å². The van der Waals surface area contributed by atoms with Gasteiger partial charge in [-0.15, -0.1) is 0 Å². The van der Waals surface area contributed by atoms with Gasteiger partial charge in [-0.1, -0.05) is 50.4 Å². The van der Waals surface area contributed by atoms with Gasteiger partial charge in [0.1, 0.15) is 0 Å². The maximum absolute atomic E-state index is 12.3. The molecule has 20 heavy (non-hydrogen) atoms. The first-order valence-electron chi connectivity index (χ1n) is 6.06. The number of halogens is 3. The lowest BCUT2D eigenvalue weighted by molar-refractivity contribution is 0.102. The Balaban J connectivity index is 2.28. The number of benzene rings is 2. The molecule has 0 atom stereocenters. The van der Waals surface area contributed by atoms with E-state index in [0.29, 0.717) is 10.6 Å². The maximum Gasteiger partial charge on any atom is 0.257 e. The van der Waals surface area contributed by atoms with E-state index < -0.39 is 0 Å². The van der Waals surface area contributed by atoms with Gasteiger partial charge in [-0.3, -0.25) is 4.79 Å². The van der Waals surface area contributed by atoms with Crippen molar-refractivity contribution in [3.05, 3.63) is 61.5 Å². The Kier molecular flexibility index (Phi) is 5.24. The van der Waals surface area contributed by atoms with E-state index in [2.05, 4.69) is 37.2 Å². The van der Waals surface area contributed by atoms with Crippen molar-refractivity contribution in [1.82, 2.24) is 0 Å². The molecule has 0 aliphatic heterocycles. The highest BCUT2D eigenvalue weighted by Crippen LogP contribution is 2.25. The molecule has 2 aromatic carbocycles. The minimum atomic E-state index is -0.209. The number of carbonyl (C=O) groups excluding carboxylic acids is 1. The molecule has 2 aromatic rings. The van der Waals surface area contributed by atoms with Gasteiger partial charge in [-0.25, -0.2) is 0 Å². The Bertz CT molecular complexity index is 658. The van der Waals surface area contributed by atoms with E-state index in [1.165, 1.54) is 0 Å². The van der Waals surface area contributed by atoms with Crippen LogP contribution in [0.5, 0.6) is 0 Å². The van der Waals surface area contributed by atoms with Crippen molar-refractivity contribution in [2.45, 2.75) is 13.3 Å². The van der Waals surface area contributed by atoms with Gasteiger partial charge in [0, 0.05) is 14.6 Å². The summed E-state index contributed by atoms with van der Waals surface area (Å²) in [5, 5.41) is 3.33. The molecule has 1 N–H and O–H groups in total. The number of hydrogen-bond donors (Lipinski definition) is 1.